The third-order valence-electron chi connectivity index (χ3n) is 3.81. The van der Waals surface area contributed by atoms with Gasteiger partial charge in [0.05, 0.1) is 25.5 Å². The minimum Gasteiger partial charge on any atom is -0.481 e. The number of aliphatic hydroxyl groups is 1. The van der Waals surface area contributed by atoms with E-state index in [9.17, 15) is 28.8 Å². The number of carbonyl (C=O) groups excluding carboxylic acids is 4. The van der Waals surface area contributed by atoms with Crippen molar-refractivity contribution in [3.63, 3.8) is 0 Å². The summed E-state index contributed by atoms with van der Waals surface area (Å²) in [4.78, 5) is 69.9. The number of carboxylic acid groups (broad SMARTS) is 2. The lowest BCUT2D eigenvalue weighted by atomic mass is 10.1. The number of carbonyl (C=O) groups is 6. The van der Waals surface area contributed by atoms with Crippen molar-refractivity contribution in [1.29, 1.82) is 0 Å². The minimum absolute atomic E-state index is 0.0812. The third kappa shape index (κ3) is 11.2. The van der Waals surface area contributed by atoms with E-state index in [0.717, 1.165) is 0 Å². The van der Waals surface area contributed by atoms with Crippen LogP contribution >= 0.6 is 11.8 Å². The number of nitrogens with one attached hydrogen (secondary N) is 3. The quantitative estimate of drug-likeness (QED) is 0.115. The van der Waals surface area contributed by atoms with E-state index in [1.165, 1.54) is 11.8 Å². The lowest BCUT2D eigenvalue weighted by Crippen LogP contribution is -2.58. The molecule has 0 fully saturated rings. The summed E-state index contributed by atoms with van der Waals surface area (Å²) in [7, 11) is 0. The Hall–Kier alpha value is -2.91. The summed E-state index contributed by atoms with van der Waals surface area (Å²) >= 11 is 1.34. The number of aliphatic hydroxyl groups excluding tert-OH is 1. The Morgan fingerprint density at radius 2 is 1.39 bits per heavy atom. The Morgan fingerprint density at radius 1 is 0.871 bits per heavy atom. The maximum Gasteiger partial charge on any atom is 0.328 e. The topological polar surface area (TPSA) is 251 Å². The van der Waals surface area contributed by atoms with Crippen LogP contribution in [-0.4, -0.2) is 93.7 Å². The van der Waals surface area contributed by atoms with E-state index in [4.69, 9.17) is 26.8 Å². The number of aliphatic carboxylic acids is 2. The fourth-order valence-electron chi connectivity index (χ4n) is 2.21. The van der Waals surface area contributed by atoms with Crippen LogP contribution in [0.15, 0.2) is 0 Å². The van der Waals surface area contributed by atoms with Crippen molar-refractivity contribution in [3.8, 4) is 0 Å². The van der Waals surface area contributed by atoms with Gasteiger partial charge in [-0.2, -0.15) is 11.8 Å². The summed E-state index contributed by atoms with van der Waals surface area (Å²) in [5.41, 5.74) is 10.5. The van der Waals surface area contributed by atoms with E-state index < -0.39 is 79.2 Å². The molecule has 10 N–H and O–H groups in total. The molecule has 176 valence electrons. The first kappa shape index (κ1) is 28.1. The van der Waals surface area contributed by atoms with Gasteiger partial charge < -0.3 is 42.7 Å². The second kappa shape index (κ2) is 14.2. The second-order valence-electron chi connectivity index (χ2n) is 6.36. The van der Waals surface area contributed by atoms with E-state index in [-0.39, 0.29) is 6.42 Å². The third-order valence-corrected chi connectivity index (χ3v) is 4.45. The van der Waals surface area contributed by atoms with Crippen molar-refractivity contribution >= 4 is 47.3 Å². The van der Waals surface area contributed by atoms with Crippen molar-refractivity contribution < 1.29 is 44.1 Å². The fraction of sp³-hybridized carbons (Fsp3) is 0.625. The number of amides is 4. The van der Waals surface area contributed by atoms with Crippen molar-refractivity contribution in [3.05, 3.63) is 0 Å². The molecule has 15 heteroatoms. The zero-order valence-electron chi connectivity index (χ0n) is 16.7. The first-order valence-electron chi connectivity index (χ1n) is 8.92. The number of hydrogen-bond acceptors (Lipinski definition) is 9. The predicted octanol–water partition coefficient (Wildman–Crippen LogP) is -4.05. The predicted molar refractivity (Wildman–Crippen MR) is 108 cm³/mol. The Morgan fingerprint density at radius 3 is 1.84 bits per heavy atom. The van der Waals surface area contributed by atoms with E-state index >= 15 is 0 Å². The smallest absolute Gasteiger partial charge is 0.328 e. The molecule has 0 saturated carbocycles. The molecule has 0 spiro atoms. The number of carboxylic acids is 2. The van der Waals surface area contributed by atoms with Crippen LogP contribution in [0.4, 0.5) is 0 Å². The molecule has 0 aliphatic carbocycles. The molecular weight excluding hydrogens is 438 g/mol. The average Bonchev–Trinajstić information content (AvgIpc) is 2.66. The van der Waals surface area contributed by atoms with E-state index in [1.807, 2.05) is 5.32 Å². The molecule has 4 unspecified atom stereocenters. The zero-order chi connectivity index (χ0) is 24.1. The normalized spacial score (nSPS) is 14.4. The molecule has 0 bridgehead atoms. The summed E-state index contributed by atoms with van der Waals surface area (Å²) in [5.74, 6) is -6.41. The van der Waals surface area contributed by atoms with Crippen LogP contribution in [0.1, 0.15) is 19.3 Å². The van der Waals surface area contributed by atoms with Crippen LogP contribution in [-0.2, 0) is 28.8 Å². The summed E-state index contributed by atoms with van der Waals surface area (Å²) in [6, 6.07) is -5.94. The van der Waals surface area contributed by atoms with Crippen molar-refractivity contribution in [1.82, 2.24) is 16.0 Å². The largest absolute Gasteiger partial charge is 0.481 e. The van der Waals surface area contributed by atoms with E-state index in [0.29, 0.717) is 5.75 Å². The Kier molecular flexibility index (Phi) is 12.8. The molecule has 0 aliphatic heterocycles. The highest BCUT2D eigenvalue weighted by Gasteiger charge is 2.31. The summed E-state index contributed by atoms with van der Waals surface area (Å²) in [6.45, 7) is -0.959. The maximum absolute atomic E-state index is 12.6. The highest BCUT2D eigenvalue weighted by molar-refractivity contribution is 7.98. The molecule has 4 amide bonds. The van der Waals surface area contributed by atoms with Gasteiger partial charge in [-0.3, -0.25) is 24.0 Å². The molecule has 0 aromatic rings. The summed E-state index contributed by atoms with van der Waals surface area (Å²) in [5, 5.41) is 33.3. The number of nitrogens with two attached hydrogens (primary N) is 2. The molecule has 0 rings (SSSR count). The van der Waals surface area contributed by atoms with Crippen molar-refractivity contribution in [2.24, 2.45) is 11.5 Å². The molecule has 4 atom stereocenters. The van der Waals surface area contributed by atoms with Crippen LogP contribution < -0.4 is 27.4 Å². The highest BCUT2D eigenvalue weighted by atomic mass is 32.2. The van der Waals surface area contributed by atoms with Gasteiger partial charge in [0, 0.05) is 0 Å². The Balaban J connectivity index is 5.40. The van der Waals surface area contributed by atoms with Crippen LogP contribution in [0.5, 0.6) is 0 Å². The van der Waals surface area contributed by atoms with Gasteiger partial charge in [-0.25, -0.2) is 4.79 Å². The van der Waals surface area contributed by atoms with Crippen LogP contribution in [0, 0.1) is 0 Å². The van der Waals surface area contributed by atoms with Gasteiger partial charge in [0.25, 0.3) is 0 Å². The van der Waals surface area contributed by atoms with Gasteiger partial charge in [-0.05, 0) is 18.4 Å². The van der Waals surface area contributed by atoms with E-state index in [2.05, 4.69) is 10.6 Å². The number of rotatable bonds is 15. The standard InChI is InChI=1S/C16H27N5O9S/c1-31-3-2-8(19-13(26)7(17)4-11(18)23)14(27)20-9(5-12(24)25)15(28)21-10(6-22)16(29)30/h7-10,22H,2-6,17H2,1H3,(H2,18,23)(H,19,26)(H,20,27)(H,21,28)(H,24,25)(H,29,30). The van der Waals surface area contributed by atoms with Gasteiger partial charge in [0.1, 0.15) is 18.1 Å². The zero-order valence-corrected chi connectivity index (χ0v) is 17.5. The first-order valence-corrected chi connectivity index (χ1v) is 10.3. The monoisotopic (exact) mass is 465 g/mol. The highest BCUT2D eigenvalue weighted by Crippen LogP contribution is 2.04. The van der Waals surface area contributed by atoms with Gasteiger partial charge >= 0.3 is 11.9 Å². The number of thioether (sulfide) groups is 1. The lowest BCUT2D eigenvalue weighted by Gasteiger charge is -2.24. The fourth-order valence-corrected chi connectivity index (χ4v) is 2.68. The van der Waals surface area contributed by atoms with Crippen LogP contribution in [0.3, 0.4) is 0 Å². The Bertz CT molecular complexity index is 690. The Labute approximate surface area is 181 Å². The molecular formula is C16H27N5O9S. The maximum atomic E-state index is 12.6. The summed E-state index contributed by atoms with van der Waals surface area (Å²) in [6.07, 6.45) is 0.458. The first-order chi connectivity index (χ1) is 14.4. The molecule has 0 radical (unpaired) electrons. The van der Waals surface area contributed by atoms with Crippen molar-refractivity contribution in [2.45, 2.75) is 43.4 Å². The van der Waals surface area contributed by atoms with Gasteiger partial charge in [-0.1, -0.05) is 0 Å². The number of primary amides is 1. The van der Waals surface area contributed by atoms with Crippen LogP contribution in [0.2, 0.25) is 0 Å². The van der Waals surface area contributed by atoms with E-state index in [1.54, 1.807) is 6.26 Å². The number of hydrogen-bond donors (Lipinski definition) is 8. The van der Waals surface area contributed by atoms with Gasteiger partial charge in [0.2, 0.25) is 23.6 Å². The molecule has 0 aromatic carbocycles. The molecule has 0 heterocycles. The van der Waals surface area contributed by atoms with Crippen LogP contribution in [0.25, 0.3) is 0 Å². The molecule has 0 aromatic heterocycles. The molecule has 31 heavy (non-hydrogen) atoms. The summed E-state index contributed by atoms with van der Waals surface area (Å²) < 4.78 is 0. The molecule has 14 nitrogen and oxygen atoms in total. The SMILES string of the molecule is CSCCC(NC(=O)C(N)CC(N)=O)C(=O)NC(CC(=O)O)C(=O)NC(CO)C(=O)O. The minimum atomic E-state index is -1.71. The molecule has 0 aliphatic rings. The molecule has 0 saturated heterocycles. The lowest BCUT2D eigenvalue weighted by molar-refractivity contribution is -0.144. The van der Waals surface area contributed by atoms with Gasteiger partial charge in [0.15, 0.2) is 0 Å². The average molecular weight is 465 g/mol. The van der Waals surface area contributed by atoms with Gasteiger partial charge in [-0.15, -0.1) is 0 Å². The van der Waals surface area contributed by atoms with Crippen molar-refractivity contribution in [2.75, 3.05) is 18.6 Å². The second-order valence-corrected chi connectivity index (χ2v) is 7.35.